The van der Waals surface area contributed by atoms with Crippen molar-refractivity contribution in [2.75, 3.05) is 6.61 Å². The van der Waals surface area contributed by atoms with E-state index in [0.717, 1.165) is 0 Å². The average molecular weight is 251 g/mol. The van der Waals surface area contributed by atoms with Crippen LogP contribution >= 0.6 is 0 Å². The maximum atomic E-state index is 11.4. The van der Waals surface area contributed by atoms with Gasteiger partial charge in [0, 0.05) is 6.07 Å². The number of rotatable bonds is 3. The molecule has 0 radical (unpaired) electrons. The fourth-order valence-corrected chi connectivity index (χ4v) is 1.36. The molecule has 0 saturated heterocycles. The van der Waals surface area contributed by atoms with Crippen LogP contribution in [0.2, 0.25) is 0 Å². The van der Waals surface area contributed by atoms with Gasteiger partial charge in [0.15, 0.2) is 5.75 Å². The van der Waals surface area contributed by atoms with Crippen LogP contribution in [0.5, 0.6) is 5.75 Å². The fourth-order valence-electron chi connectivity index (χ4n) is 1.36. The van der Waals surface area contributed by atoms with Crippen LogP contribution < -0.4 is 4.74 Å². The highest BCUT2D eigenvalue weighted by Crippen LogP contribution is 2.35. The quantitative estimate of drug-likeness (QED) is 0.464. The molecule has 8 heteroatoms. The van der Waals surface area contributed by atoms with Crippen LogP contribution in [0.3, 0.4) is 0 Å². The summed E-state index contributed by atoms with van der Waals surface area (Å²) >= 11 is 0. The van der Waals surface area contributed by atoms with Gasteiger partial charge in [0.2, 0.25) is 0 Å². The molecule has 0 aromatic heterocycles. The van der Waals surface area contributed by atoms with Crippen LogP contribution in [0, 0.1) is 10.1 Å². The van der Waals surface area contributed by atoms with Gasteiger partial charge in [-0.25, -0.2) is 4.79 Å². The molecule has 18 heavy (non-hydrogen) atoms. The molecule has 0 spiro atoms. The van der Waals surface area contributed by atoms with Crippen LogP contribution in [0.15, 0.2) is 28.4 Å². The molecule has 0 amide bonds. The molecule has 1 aliphatic heterocycles. The number of hydrogen-bond donors (Lipinski definition) is 0. The van der Waals surface area contributed by atoms with Gasteiger partial charge in [-0.15, -0.1) is 10.2 Å². The van der Waals surface area contributed by atoms with Gasteiger partial charge in [-0.3, -0.25) is 10.1 Å². The van der Waals surface area contributed by atoms with Crippen molar-refractivity contribution < 1.29 is 19.2 Å². The zero-order valence-corrected chi connectivity index (χ0v) is 9.40. The first-order valence-corrected chi connectivity index (χ1v) is 5.14. The van der Waals surface area contributed by atoms with E-state index in [1.807, 2.05) is 0 Å². The molecular formula is C10H9N3O5. The molecule has 0 aliphatic carbocycles. The first kappa shape index (κ1) is 12.0. The molecule has 2 rings (SSSR count). The molecule has 1 unspecified atom stereocenters. The second-order valence-corrected chi connectivity index (χ2v) is 3.35. The van der Waals surface area contributed by atoms with Gasteiger partial charge < -0.3 is 9.47 Å². The number of carbonyl (C=O) groups is 1. The zero-order chi connectivity index (χ0) is 13.1. The molecule has 1 aliphatic rings. The lowest BCUT2D eigenvalue weighted by Crippen LogP contribution is -2.28. The Kier molecular flexibility index (Phi) is 3.18. The standard InChI is InChI=1S/C10H9N3O5/c1-2-17-10(14)9-12-11-7-4-3-6(13(15)16)5-8(7)18-9/h3-5,9H,2H2,1H3. The number of nitrogens with zero attached hydrogens (tertiary/aromatic N) is 3. The van der Waals surface area contributed by atoms with Crippen molar-refractivity contribution in [3.05, 3.63) is 28.3 Å². The molecule has 0 saturated carbocycles. The number of hydrogen-bond acceptors (Lipinski definition) is 7. The Morgan fingerprint density at radius 1 is 1.61 bits per heavy atom. The number of nitro groups is 1. The lowest BCUT2D eigenvalue weighted by atomic mass is 10.2. The smallest absolute Gasteiger partial charge is 0.372 e. The van der Waals surface area contributed by atoms with Gasteiger partial charge in [0.05, 0.1) is 17.6 Å². The zero-order valence-electron chi connectivity index (χ0n) is 9.40. The highest BCUT2D eigenvalue weighted by Gasteiger charge is 2.27. The molecule has 0 N–H and O–H groups in total. The van der Waals surface area contributed by atoms with Crippen molar-refractivity contribution >= 4 is 17.3 Å². The van der Waals surface area contributed by atoms with Gasteiger partial charge in [-0.1, -0.05) is 0 Å². The van der Waals surface area contributed by atoms with E-state index in [4.69, 9.17) is 9.47 Å². The average Bonchev–Trinajstić information content (AvgIpc) is 2.37. The molecule has 0 bridgehead atoms. The van der Waals surface area contributed by atoms with Gasteiger partial charge >= 0.3 is 12.2 Å². The highest BCUT2D eigenvalue weighted by molar-refractivity contribution is 5.75. The Labute approximate surface area is 101 Å². The third kappa shape index (κ3) is 2.26. The Balaban J connectivity index is 2.24. The van der Waals surface area contributed by atoms with E-state index in [1.165, 1.54) is 18.2 Å². The van der Waals surface area contributed by atoms with Crippen LogP contribution in [0.25, 0.3) is 0 Å². The maximum absolute atomic E-state index is 11.4. The number of benzene rings is 1. The normalized spacial score (nSPS) is 16.6. The Hall–Kier alpha value is -2.51. The van der Waals surface area contributed by atoms with E-state index >= 15 is 0 Å². The van der Waals surface area contributed by atoms with Crippen LogP contribution in [0.4, 0.5) is 11.4 Å². The number of carbonyl (C=O) groups excluding carboxylic acids is 1. The largest absolute Gasteiger partial charge is 0.462 e. The fraction of sp³-hybridized carbons (Fsp3) is 0.300. The Bertz CT molecular complexity index is 528. The minimum Gasteiger partial charge on any atom is -0.462 e. The van der Waals surface area contributed by atoms with Crippen LogP contribution in [-0.2, 0) is 9.53 Å². The molecular weight excluding hydrogens is 242 g/mol. The van der Waals surface area contributed by atoms with Crippen molar-refractivity contribution in [2.24, 2.45) is 10.2 Å². The summed E-state index contributed by atoms with van der Waals surface area (Å²) in [6, 6.07) is 3.88. The van der Waals surface area contributed by atoms with Crippen LogP contribution in [-0.4, -0.2) is 23.7 Å². The number of azo groups is 1. The Morgan fingerprint density at radius 3 is 3.06 bits per heavy atom. The van der Waals surface area contributed by atoms with Crippen molar-refractivity contribution in [3.8, 4) is 5.75 Å². The molecule has 1 aromatic carbocycles. The number of nitro benzene ring substituents is 1. The van der Waals surface area contributed by atoms with Crippen molar-refractivity contribution in [2.45, 2.75) is 13.2 Å². The van der Waals surface area contributed by atoms with Crippen LogP contribution in [0.1, 0.15) is 6.92 Å². The number of ether oxygens (including phenoxy) is 2. The minimum atomic E-state index is -1.21. The molecule has 94 valence electrons. The lowest BCUT2D eigenvalue weighted by molar-refractivity contribution is -0.384. The second-order valence-electron chi connectivity index (χ2n) is 3.35. The number of non-ortho nitro benzene ring substituents is 1. The van der Waals surface area contributed by atoms with Gasteiger partial charge in [-0.05, 0) is 13.0 Å². The van der Waals surface area contributed by atoms with Gasteiger partial charge in [0.25, 0.3) is 5.69 Å². The summed E-state index contributed by atoms with van der Waals surface area (Å²) in [4.78, 5) is 21.4. The summed E-state index contributed by atoms with van der Waals surface area (Å²) in [5.41, 5.74) is 0.189. The molecule has 0 fully saturated rings. The van der Waals surface area contributed by atoms with Crippen molar-refractivity contribution in [1.29, 1.82) is 0 Å². The summed E-state index contributed by atoms with van der Waals surface area (Å²) in [7, 11) is 0. The van der Waals surface area contributed by atoms with E-state index in [1.54, 1.807) is 6.92 Å². The van der Waals surface area contributed by atoms with Crippen molar-refractivity contribution in [3.63, 3.8) is 0 Å². The Morgan fingerprint density at radius 2 is 2.39 bits per heavy atom. The third-order valence-corrected chi connectivity index (χ3v) is 2.15. The predicted molar refractivity (Wildman–Crippen MR) is 58.7 cm³/mol. The second kappa shape index (κ2) is 4.78. The lowest BCUT2D eigenvalue weighted by Gasteiger charge is -2.17. The summed E-state index contributed by atoms with van der Waals surface area (Å²) < 4.78 is 9.92. The van der Waals surface area contributed by atoms with E-state index in [9.17, 15) is 14.9 Å². The maximum Gasteiger partial charge on any atom is 0.372 e. The molecule has 1 aromatic rings. The minimum absolute atomic E-state index is 0.136. The SMILES string of the molecule is CCOC(=O)C1N=Nc2ccc([N+](=O)[O-])cc2O1. The summed E-state index contributed by atoms with van der Waals surface area (Å²) in [6.45, 7) is 1.84. The predicted octanol–water partition coefficient (Wildman–Crippen LogP) is 1.96. The number of fused-ring (bicyclic) bond motifs is 1. The first-order valence-electron chi connectivity index (χ1n) is 5.14. The van der Waals surface area contributed by atoms with Crippen molar-refractivity contribution in [1.82, 2.24) is 0 Å². The summed E-state index contributed by atoms with van der Waals surface area (Å²) in [5.74, 6) is -0.546. The monoisotopic (exact) mass is 251 g/mol. The van der Waals surface area contributed by atoms with E-state index < -0.39 is 17.1 Å². The third-order valence-electron chi connectivity index (χ3n) is 2.15. The summed E-state index contributed by atoms with van der Waals surface area (Å²) in [5, 5.41) is 18.0. The topological polar surface area (TPSA) is 103 Å². The molecule has 8 nitrogen and oxygen atoms in total. The number of esters is 1. The highest BCUT2D eigenvalue weighted by atomic mass is 16.6. The first-order chi connectivity index (χ1) is 8.61. The summed E-state index contributed by atoms with van der Waals surface area (Å²) in [6.07, 6.45) is -1.21. The van der Waals surface area contributed by atoms with E-state index in [0.29, 0.717) is 5.69 Å². The van der Waals surface area contributed by atoms with E-state index in [2.05, 4.69) is 10.2 Å². The van der Waals surface area contributed by atoms with Gasteiger partial charge in [0.1, 0.15) is 5.69 Å². The molecule has 1 atom stereocenters. The van der Waals surface area contributed by atoms with E-state index in [-0.39, 0.29) is 18.0 Å². The van der Waals surface area contributed by atoms with Gasteiger partial charge in [-0.2, -0.15) is 0 Å². The molecule has 1 heterocycles.